The van der Waals surface area contributed by atoms with E-state index >= 15 is 0 Å². The Labute approximate surface area is 167 Å². The van der Waals surface area contributed by atoms with E-state index in [1.165, 1.54) is 39.6 Å². The molecule has 0 saturated heterocycles. The van der Waals surface area contributed by atoms with E-state index in [4.69, 9.17) is 0 Å². The summed E-state index contributed by atoms with van der Waals surface area (Å²) in [6.45, 7) is 8.09. The third kappa shape index (κ3) is 3.48. The Balaban J connectivity index is 1.57. The lowest BCUT2D eigenvalue weighted by Gasteiger charge is -2.16. The number of aromatic nitrogens is 2. The Kier molecular flexibility index (Phi) is 4.95. The highest BCUT2D eigenvalue weighted by Gasteiger charge is 2.24. The lowest BCUT2D eigenvalue weighted by atomic mass is 10.1. The molecule has 0 spiro atoms. The topological polar surface area (TPSA) is 54.9 Å². The maximum absolute atomic E-state index is 12.8. The number of fused-ring (bicyclic) bond motifs is 3. The molecule has 1 atom stereocenters. The molecular weight excluding hydrogens is 374 g/mol. The summed E-state index contributed by atoms with van der Waals surface area (Å²) in [6, 6.07) is 4.20. The van der Waals surface area contributed by atoms with Gasteiger partial charge in [0.05, 0.1) is 5.25 Å². The predicted octanol–water partition coefficient (Wildman–Crippen LogP) is 5.22. The quantitative estimate of drug-likeness (QED) is 0.484. The van der Waals surface area contributed by atoms with Gasteiger partial charge in [-0.3, -0.25) is 4.79 Å². The summed E-state index contributed by atoms with van der Waals surface area (Å²) in [7, 11) is 0. The summed E-state index contributed by atoms with van der Waals surface area (Å²) in [5, 5.41) is 4.98. The van der Waals surface area contributed by atoms with E-state index in [-0.39, 0.29) is 11.2 Å². The number of nitrogens with zero attached hydrogens (tertiary/aromatic N) is 2. The normalized spacial score (nSPS) is 14.4. The van der Waals surface area contributed by atoms with Crippen LogP contribution in [0.5, 0.6) is 0 Å². The van der Waals surface area contributed by atoms with Crippen molar-refractivity contribution in [2.45, 2.75) is 57.2 Å². The van der Waals surface area contributed by atoms with Crippen LogP contribution < -0.4 is 5.32 Å². The smallest absolute Gasteiger partial charge is 0.237 e. The standard InChI is InChI=1S/C21H23N3OS2/c1-11-8-12(2)18(13(3)9-11)24-19(25)14(4)26-20-17-15-6-5-7-16(15)27-21(17)23-10-22-20/h8-10,14H,5-7H2,1-4H3,(H,24,25)/t14-/m1/s1. The molecule has 3 aromatic rings. The zero-order valence-electron chi connectivity index (χ0n) is 16.0. The molecule has 0 radical (unpaired) electrons. The second-order valence-corrected chi connectivity index (χ2v) is 9.65. The fourth-order valence-electron chi connectivity index (χ4n) is 3.81. The van der Waals surface area contributed by atoms with Gasteiger partial charge in [0.25, 0.3) is 0 Å². The highest BCUT2D eigenvalue weighted by molar-refractivity contribution is 8.00. The van der Waals surface area contributed by atoms with Gasteiger partial charge in [0.1, 0.15) is 16.2 Å². The van der Waals surface area contributed by atoms with Crippen LogP contribution in [0.4, 0.5) is 5.69 Å². The molecule has 0 bridgehead atoms. The molecule has 0 aliphatic heterocycles. The summed E-state index contributed by atoms with van der Waals surface area (Å²) in [5.41, 5.74) is 5.72. The molecule has 2 aromatic heterocycles. The molecule has 1 amide bonds. The van der Waals surface area contributed by atoms with Gasteiger partial charge in [0, 0.05) is 16.0 Å². The van der Waals surface area contributed by atoms with Crippen LogP contribution in [-0.2, 0) is 17.6 Å². The van der Waals surface area contributed by atoms with E-state index < -0.39 is 0 Å². The third-order valence-corrected chi connectivity index (χ3v) is 7.35. The third-order valence-electron chi connectivity index (χ3n) is 5.05. The Bertz CT molecular complexity index is 1020. The van der Waals surface area contributed by atoms with Crippen molar-refractivity contribution >= 4 is 44.9 Å². The van der Waals surface area contributed by atoms with Gasteiger partial charge in [-0.25, -0.2) is 9.97 Å². The van der Waals surface area contributed by atoms with E-state index in [1.807, 2.05) is 20.8 Å². The Morgan fingerprint density at radius 3 is 2.67 bits per heavy atom. The van der Waals surface area contributed by atoms with Gasteiger partial charge in [-0.1, -0.05) is 29.5 Å². The first-order chi connectivity index (χ1) is 12.9. The van der Waals surface area contributed by atoms with E-state index in [0.29, 0.717) is 0 Å². The van der Waals surface area contributed by atoms with Crippen molar-refractivity contribution in [1.82, 2.24) is 9.97 Å². The summed E-state index contributed by atoms with van der Waals surface area (Å²) in [4.78, 5) is 24.3. The van der Waals surface area contributed by atoms with Gasteiger partial charge in [-0.15, -0.1) is 11.3 Å². The number of rotatable bonds is 4. The lowest BCUT2D eigenvalue weighted by molar-refractivity contribution is -0.115. The van der Waals surface area contributed by atoms with Crippen molar-refractivity contribution in [2.75, 3.05) is 5.32 Å². The average molecular weight is 398 g/mol. The van der Waals surface area contributed by atoms with Crippen LogP contribution >= 0.6 is 23.1 Å². The number of carbonyl (C=O) groups excluding carboxylic acids is 1. The van der Waals surface area contributed by atoms with Crippen molar-refractivity contribution in [3.63, 3.8) is 0 Å². The summed E-state index contributed by atoms with van der Waals surface area (Å²) in [5.74, 6) is 0.00805. The fraction of sp³-hybridized carbons (Fsp3) is 0.381. The number of thioether (sulfide) groups is 1. The van der Waals surface area contributed by atoms with Crippen LogP contribution in [0.15, 0.2) is 23.5 Å². The average Bonchev–Trinajstić information content (AvgIpc) is 3.18. The van der Waals surface area contributed by atoms with Crippen molar-refractivity contribution < 1.29 is 4.79 Å². The minimum atomic E-state index is -0.236. The minimum Gasteiger partial charge on any atom is -0.325 e. The maximum atomic E-state index is 12.8. The first kappa shape index (κ1) is 18.4. The molecule has 2 heterocycles. The second kappa shape index (κ2) is 7.24. The van der Waals surface area contributed by atoms with E-state index in [9.17, 15) is 4.79 Å². The van der Waals surface area contributed by atoms with Gasteiger partial charge in [-0.2, -0.15) is 0 Å². The molecule has 0 unspecified atom stereocenters. The Hall–Kier alpha value is -1.92. The predicted molar refractivity (Wildman–Crippen MR) is 114 cm³/mol. The largest absolute Gasteiger partial charge is 0.325 e. The maximum Gasteiger partial charge on any atom is 0.237 e. The summed E-state index contributed by atoms with van der Waals surface area (Å²) in [6.07, 6.45) is 5.06. The van der Waals surface area contributed by atoms with Crippen molar-refractivity contribution in [3.8, 4) is 0 Å². The van der Waals surface area contributed by atoms with E-state index in [2.05, 4.69) is 34.3 Å². The molecule has 1 aromatic carbocycles. The molecule has 4 rings (SSSR count). The molecule has 6 heteroatoms. The van der Waals surface area contributed by atoms with Crippen LogP contribution in [-0.4, -0.2) is 21.1 Å². The molecular formula is C21H23N3OS2. The summed E-state index contributed by atoms with van der Waals surface area (Å²) >= 11 is 3.31. The molecule has 0 fully saturated rings. The fourth-order valence-corrected chi connectivity index (χ4v) is 6.05. The number of nitrogens with one attached hydrogen (secondary N) is 1. The second-order valence-electron chi connectivity index (χ2n) is 7.24. The van der Waals surface area contributed by atoms with Crippen LogP contribution in [0.2, 0.25) is 0 Å². The minimum absolute atomic E-state index is 0.00805. The molecule has 27 heavy (non-hydrogen) atoms. The van der Waals surface area contributed by atoms with Gasteiger partial charge in [-0.05, 0) is 63.6 Å². The molecule has 4 nitrogen and oxygen atoms in total. The number of amides is 1. The van der Waals surface area contributed by atoms with Crippen LogP contribution in [0, 0.1) is 20.8 Å². The number of aryl methyl sites for hydroxylation is 5. The number of hydrogen-bond acceptors (Lipinski definition) is 5. The number of carbonyl (C=O) groups is 1. The van der Waals surface area contributed by atoms with Gasteiger partial charge in [0.2, 0.25) is 5.91 Å². The highest BCUT2D eigenvalue weighted by Crippen LogP contribution is 2.41. The van der Waals surface area contributed by atoms with Crippen LogP contribution in [0.25, 0.3) is 10.2 Å². The highest BCUT2D eigenvalue weighted by atomic mass is 32.2. The van der Waals surface area contributed by atoms with Crippen molar-refractivity contribution in [1.29, 1.82) is 0 Å². The molecule has 1 aliphatic carbocycles. The van der Waals surface area contributed by atoms with E-state index in [0.717, 1.165) is 39.5 Å². The first-order valence-corrected chi connectivity index (χ1v) is 10.9. The van der Waals surface area contributed by atoms with Gasteiger partial charge in [0.15, 0.2) is 0 Å². The zero-order valence-corrected chi connectivity index (χ0v) is 17.7. The van der Waals surface area contributed by atoms with Gasteiger partial charge < -0.3 is 5.32 Å². The number of anilines is 1. The van der Waals surface area contributed by atoms with Crippen LogP contribution in [0.3, 0.4) is 0 Å². The monoisotopic (exact) mass is 397 g/mol. The molecule has 140 valence electrons. The number of hydrogen-bond donors (Lipinski definition) is 1. The first-order valence-electron chi connectivity index (χ1n) is 9.24. The van der Waals surface area contributed by atoms with Crippen molar-refractivity contribution in [2.24, 2.45) is 0 Å². The molecule has 1 N–H and O–H groups in total. The molecule has 1 aliphatic rings. The Morgan fingerprint density at radius 1 is 1.19 bits per heavy atom. The zero-order chi connectivity index (χ0) is 19.1. The van der Waals surface area contributed by atoms with Gasteiger partial charge >= 0.3 is 0 Å². The van der Waals surface area contributed by atoms with Crippen molar-refractivity contribution in [3.05, 3.63) is 45.6 Å². The van der Waals surface area contributed by atoms with E-state index in [1.54, 1.807) is 17.7 Å². The number of thiophene rings is 1. The molecule has 0 saturated carbocycles. The summed E-state index contributed by atoms with van der Waals surface area (Å²) < 4.78 is 0. The lowest BCUT2D eigenvalue weighted by Crippen LogP contribution is -2.23. The SMILES string of the molecule is Cc1cc(C)c(NC(=O)[C@@H](C)Sc2ncnc3sc4c(c23)CCC4)c(C)c1. The van der Waals surface area contributed by atoms with Crippen LogP contribution in [0.1, 0.15) is 40.5 Å². The number of benzene rings is 1. The Morgan fingerprint density at radius 2 is 1.93 bits per heavy atom.